The van der Waals surface area contributed by atoms with Gasteiger partial charge in [-0.25, -0.2) is 0 Å². The van der Waals surface area contributed by atoms with Crippen molar-refractivity contribution in [3.05, 3.63) is 69.7 Å². The van der Waals surface area contributed by atoms with Crippen molar-refractivity contribution < 1.29 is 4.79 Å². The van der Waals surface area contributed by atoms with Gasteiger partial charge in [-0.3, -0.25) is 9.69 Å². The third-order valence-electron chi connectivity index (χ3n) is 4.33. The summed E-state index contributed by atoms with van der Waals surface area (Å²) in [6, 6.07) is 15.7. The van der Waals surface area contributed by atoms with Gasteiger partial charge in [-0.2, -0.15) is 0 Å². The summed E-state index contributed by atoms with van der Waals surface area (Å²) < 4.78 is 0. The van der Waals surface area contributed by atoms with Crippen molar-refractivity contribution >= 4 is 29.1 Å². The largest absolute Gasteiger partial charge is 0.340 e. The molecule has 0 N–H and O–H groups in total. The predicted octanol–water partition coefficient (Wildman–Crippen LogP) is 3.88. The molecule has 2 aromatic rings. The minimum Gasteiger partial charge on any atom is -0.340 e. The lowest BCUT2D eigenvalue weighted by molar-refractivity contribution is -0.132. The van der Waals surface area contributed by atoms with Crippen LogP contribution in [-0.4, -0.2) is 41.9 Å². The van der Waals surface area contributed by atoms with E-state index >= 15 is 0 Å². The van der Waals surface area contributed by atoms with Gasteiger partial charge >= 0.3 is 0 Å². The summed E-state index contributed by atoms with van der Waals surface area (Å²) in [6.45, 7) is 4.25. The van der Waals surface area contributed by atoms with Crippen molar-refractivity contribution in [1.29, 1.82) is 0 Å². The fraction of sp³-hybridized carbons (Fsp3) is 0.316. The van der Waals surface area contributed by atoms with Gasteiger partial charge in [0.2, 0.25) is 5.91 Å². The van der Waals surface area contributed by atoms with Crippen LogP contribution in [0.4, 0.5) is 0 Å². The number of carbonyl (C=O) groups excluding carboxylic acids is 1. The Bertz CT molecular complexity index is 698. The monoisotopic (exact) mass is 362 g/mol. The van der Waals surface area contributed by atoms with Gasteiger partial charge in [-0.1, -0.05) is 59.6 Å². The van der Waals surface area contributed by atoms with Gasteiger partial charge in [-0.15, -0.1) is 0 Å². The average Bonchev–Trinajstić information content (AvgIpc) is 2.59. The quantitative estimate of drug-likeness (QED) is 0.823. The molecule has 2 aromatic carbocycles. The van der Waals surface area contributed by atoms with E-state index in [1.165, 1.54) is 5.56 Å². The van der Waals surface area contributed by atoms with E-state index in [4.69, 9.17) is 23.2 Å². The molecule has 5 heteroatoms. The van der Waals surface area contributed by atoms with Crippen LogP contribution in [0.3, 0.4) is 0 Å². The van der Waals surface area contributed by atoms with E-state index in [0.29, 0.717) is 16.5 Å². The van der Waals surface area contributed by atoms with Gasteiger partial charge in [0.1, 0.15) is 0 Å². The Balaban J connectivity index is 1.51. The molecule has 1 amide bonds. The van der Waals surface area contributed by atoms with Gasteiger partial charge < -0.3 is 4.90 Å². The summed E-state index contributed by atoms with van der Waals surface area (Å²) in [4.78, 5) is 16.8. The summed E-state index contributed by atoms with van der Waals surface area (Å²) in [5, 5.41) is 1.14. The van der Waals surface area contributed by atoms with Crippen molar-refractivity contribution in [2.45, 2.75) is 13.0 Å². The van der Waals surface area contributed by atoms with E-state index in [2.05, 4.69) is 29.2 Å². The summed E-state index contributed by atoms with van der Waals surface area (Å²) in [7, 11) is 0. The second kappa shape index (κ2) is 8.02. The first kappa shape index (κ1) is 17.3. The van der Waals surface area contributed by atoms with Crippen LogP contribution in [0.2, 0.25) is 10.0 Å². The zero-order valence-electron chi connectivity index (χ0n) is 13.4. The second-order valence-corrected chi connectivity index (χ2v) is 6.90. The molecule has 1 saturated heterocycles. The highest BCUT2D eigenvalue weighted by Gasteiger charge is 2.21. The van der Waals surface area contributed by atoms with Gasteiger partial charge in [0.15, 0.2) is 0 Å². The van der Waals surface area contributed by atoms with E-state index in [9.17, 15) is 4.79 Å². The van der Waals surface area contributed by atoms with Crippen molar-refractivity contribution in [3.63, 3.8) is 0 Å². The number of hydrogen-bond acceptors (Lipinski definition) is 2. The molecule has 0 saturated carbocycles. The third-order valence-corrected chi connectivity index (χ3v) is 4.92. The number of nitrogens with zero attached hydrogens (tertiary/aromatic N) is 2. The zero-order valence-corrected chi connectivity index (χ0v) is 14.9. The number of hydrogen-bond donors (Lipinski definition) is 0. The van der Waals surface area contributed by atoms with Gasteiger partial charge in [0.25, 0.3) is 0 Å². The van der Waals surface area contributed by atoms with E-state index in [1.54, 1.807) is 12.1 Å². The molecule has 126 valence electrons. The molecule has 0 aromatic heterocycles. The Morgan fingerprint density at radius 2 is 1.67 bits per heavy atom. The van der Waals surface area contributed by atoms with Crippen LogP contribution in [0.5, 0.6) is 0 Å². The highest BCUT2D eigenvalue weighted by atomic mass is 35.5. The molecule has 3 nitrogen and oxygen atoms in total. The molecule has 1 heterocycles. The highest BCUT2D eigenvalue weighted by Crippen LogP contribution is 2.22. The highest BCUT2D eigenvalue weighted by molar-refractivity contribution is 6.35. The SMILES string of the molecule is O=C(Cc1ccc(Cl)cc1Cl)N1CCN(Cc2ccccc2)CC1. The Morgan fingerprint density at radius 1 is 0.958 bits per heavy atom. The molecular weight excluding hydrogens is 343 g/mol. The number of piperazine rings is 1. The van der Waals surface area contributed by atoms with Crippen molar-refractivity contribution in [3.8, 4) is 0 Å². The van der Waals surface area contributed by atoms with Crippen LogP contribution < -0.4 is 0 Å². The van der Waals surface area contributed by atoms with Crippen LogP contribution in [0.1, 0.15) is 11.1 Å². The Hall–Kier alpha value is -1.55. The fourth-order valence-electron chi connectivity index (χ4n) is 2.94. The molecule has 0 unspecified atom stereocenters. The maximum Gasteiger partial charge on any atom is 0.227 e. The van der Waals surface area contributed by atoms with Gasteiger partial charge in [0, 0.05) is 42.8 Å². The molecule has 0 radical (unpaired) electrons. The molecule has 24 heavy (non-hydrogen) atoms. The average molecular weight is 363 g/mol. The first-order valence-electron chi connectivity index (χ1n) is 8.10. The number of rotatable bonds is 4. The molecule has 0 bridgehead atoms. The summed E-state index contributed by atoms with van der Waals surface area (Å²) in [6.07, 6.45) is 0.328. The topological polar surface area (TPSA) is 23.6 Å². The summed E-state index contributed by atoms with van der Waals surface area (Å²) in [5.74, 6) is 0.124. The standard InChI is InChI=1S/C19H20Cl2N2O/c20-17-7-6-16(18(21)13-17)12-19(24)23-10-8-22(9-11-23)14-15-4-2-1-3-5-15/h1-7,13H,8-12,14H2. The number of carbonyl (C=O) groups is 1. The number of amides is 1. The van der Waals surface area contributed by atoms with Crippen molar-refractivity contribution in [1.82, 2.24) is 9.80 Å². The Morgan fingerprint density at radius 3 is 2.33 bits per heavy atom. The third kappa shape index (κ3) is 4.50. The van der Waals surface area contributed by atoms with Gasteiger partial charge in [0.05, 0.1) is 6.42 Å². The minimum absolute atomic E-state index is 0.124. The zero-order chi connectivity index (χ0) is 16.9. The van der Waals surface area contributed by atoms with Crippen LogP contribution >= 0.6 is 23.2 Å². The first-order chi connectivity index (χ1) is 11.6. The van der Waals surface area contributed by atoms with Crippen molar-refractivity contribution in [2.75, 3.05) is 26.2 Å². The summed E-state index contributed by atoms with van der Waals surface area (Å²) >= 11 is 12.1. The normalized spacial score (nSPS) is 15.5. The van der Waals surface area contributed by atoms with Crippen molar-refractivity contribution in [2.24, 2.45) is 0 Å². The molecular formula is C19H20Cl2N2O. The van der Waals surface area contributed by atoms with E-state index in [0.717, 1.165) is 38.3 Å². The molecule has 0 atom stereocenters. The first-order valence-corrected chi connectivity index (χ1v) is 8.85. The van der Waals surface area contributed by atoms with E-state index in [-0.39, 0.29) is 5.91 Å². The number of benzene rings is 2. The molecule has 0 aliphatic carbocycles. The van der Waals surface area contributed by atoms with E-state index < -0.39 is 0 Å². The van der Waals surface area contributed by atoms with Crippen LogP contribution in [-0.2, 0) is 17.8 Å². The lowest BCUT2D eigenvalue weighted by atomic mass is 10.1. The predicted molar refractivity (Wildman–Crippen MR) is 98.5 cm³/mol. The second-order valence-electron chi connectivity index (χ2n) is 6.06. The minimum atomic E-state index is 0.124. The maximum atomic E-state index is 12.5. The molecule has 1 aliphatic heterocycles. The molecule has 0 spiro atoms. The lowest BCUT2D eigenvalue weighted by Crippen LogP contribution is -2.48. The Kier molecular flexibility index (Phi) is 5.77. The van der Waals surface area contributed by atoms with Crippen LogP contribution in [0.15, 0.2) is 48.5 Å². The molecule has 1 fully saturated rings. The lowest BCUT2D eigenvalue weighted by Gasteiger charge is -2.35. The molecule has 1 aliphatic rings. The van der Waals surface area contributed by atoms with Gasteiger partial charge in [-0.05, 0) is 23.3 Å². The summed E-state index contributed by atoms with van der Waals surface area (Å²) in [5.41, 5.74) is 2.14. The maximum absolute atomic E-state index is 12.5. The Labute approximate surface area is 152 Å². The van der Waals surface area contributed by atoms with Crippen LogP contribution in [0.25, 0.3) is 0 Å². The van der Waals surface area contributed by atoms with Crippen LogP contribution in [0, 0.1) is 0 Å². The smallest absolute Gasteiger partial charge is 0.227 e. The van der Waals surface area contributed by atoms with E-state index in [1.807, 2.05) is 17.0 Å². The number of halogens is 2. The molecule has 3 rings (SSSR count). The fourth-order valence-corrected chi connectivity index (χ4v) is 3.41.